The number of ketones is 1. The van der Waals surface area contributed by atoms with E-state index in [9.17, 15) is 4.79 Å². The van der Waals surface area contributed by atoms with E-state index in [4.69, 9.17) is 33.2 Å². The average Bonchev–Trinajstić information content (AvgIpc) is 0.773. The third-order valence-electron chi connectivity index (χ3n) is 23.1. The summed E-state index contributed by atoms with van der Waals surface area (Å²) in [6.45, 7) is 111. The zero-order chi connectivity index (χ0) is 88.7. The highest BCUT2D eigenvalue weighted by Gasteiger charge is 2.49. The normalized spacial score (nSPS) is 29.2. The largest absolute Gasteiger partial charge is 0.490 e. The molecule has 8 heterocycles. The lowest BCUT2D eigenvalue weighted by molar-refractivity contribution is -0.204. The number of ether oxygens (including phenoxy) is 7. The van der Waals surface area contributed by atoms with E-state index < -0.39 is 0 Å². The predicted molar refractivity (Wildman–Crippen MR) is 491 cm³/mol. The van der Waals surface area contributed by atoms with E-state index in [0.717, 1.165) is 26.4 Å². The van der Waals surface area contributed by atoms with Crippen LogP contribution in [0.25, 0.3) is 0 Å². The monoisotopic (exact) mass is 1590 g/mol. The van der Waals surface area contributed by atoms with Gasteiger partial charge in [-0.15, -0.1) is 0 Å². The summed E-state index contributed by atoms with van der Waals surface area (Å²) in [6.07, 6.45) is 24.3. The minimum atomic E-state index is -0.00451. The molecule has 8 aliphatic rings. The summed E-state index contributed by atoms with van der Waals surface area (Å²) in [7, 11) is 0. The van der Waals surface area contributed by atoms with E-state index in [1.807, 2.05) is 18.6 Å². The van der Waals surface area contributed by atoms with Crippen molar-refractivity contribution in [1.29, 1.82) is 0 Å². The van der Waals surface area contributed by atoms with E-state index in [1.165, 1.54) is 25.7 Å². The van der Waals surface area contributed by atoms with Crippen LogP contribution in [0, 0.1) is 116 Å². The Balaban J connectivity index is 0.000000646. The number of dihydropyridines is 1. The van der Waals surface area contributed by atoms with Crippen LogP contribution in [0.2, 0.25) is 0 Å². The van der Waals surface area contributed by atoms with Crippen LogP contribution in [0.5, 0.6) is 0 Å². The lowest BCUT2D eigenvalue weighted by atomic mass is 9.66. The van der Waals surface area contributed by atoms with Crippen LogP contribution >= 0.6 is 0 Å². The fourth-order valence-electron chi connectivity index (χ4n) is 16.8. The second-order valence-corrected chi connectivity index (χ2v) is 51.6. The Morgan fingerprint density at radius 2 is 0.584 bits per heavy atom. The first-order valence-corrected chi connectivity index (χ1v) is 44.1. The Bertz CT molecular complexity index is 2570. The zero-order valence-corrected chi connectivity index (χ0v) is 83.5. The van der Waals surface area contributed by atoms with E-state index in [0.29, 0.717) is 95.1 Å². The average molecular weight is 1590 g/mol. The van der Waals surface area contributed by atoms with Gasteiger partial charge in [0.15, 0.2) is 0 Å². The van der Waals surface area contributed by atoms with E-state index in [-0.39, 0.29) is 107 Å². The molecule has 16 unspecified atom stereocenters. The number of allylic oxidation sites excluding steroid dienone is 1. The number of carbonyl (C=O) groups is 1. The van der Waals surface area contributed by atoms with Gasteiger partial charge in [-0.3, -0.25) is 24.8 Å². The summed E-state index contributed by atoms with van der Waals surface area (Å²) in [4.78, 5) is 34.5. The molecule has 662 valence electrons. The van der Waals surface area contributed by atoms with Gasteiger partial charge >= 0.3 is 0 Å². The molecule has 16 atom stereocenters. The molecule has 0 spiro atoms. The molecule has 0 aromatic carbocycles. The summed E-state index contributed by atoms with van der Waals surface area (Å²) in [5.74, 6) is 2.80. The van der Waals surface area contributed by atoms with Gasteiger partial charge in [0.25, 0.3) is 0 Å². The van der Waals surface area contributed by atoms with Crippen LogP contribution in [0.4, 0.5) is 0 Å². The maximum Gasteiger partial charge on any atom is 0.141 e. The molecule has 113 heavy (non-hydrogen) atoms. The molecule has 4 saturated heterocycles. The van der Waals surface area contributed by atoms with Crippen molar-refractivity contribution in [3.05, 3.63) is 24.7 Å². The number of hydrogen-bond acceptors (Lipinski definition) is 13. The Morgan fingerprint density at radius 3 is 0.841 bits per heavy atom. The topological polar surface area (TPSA) is 143 Å². The molecule has 13 nitrogen and oxygen atoms in total. The molecule has 0 aromatic heterocycles. The minimum Gasteiger partial charge on any atom is -0.490 e. The lowest BCUT2D eigenvalue weighted by Gasteiger charge is -2.46. The summed E-state index contributed by atoms with van der Waals surface area (Å²) >= 11 is 0. The Labute approximate surface area is 701 Å². The van der Waals surface area contributed by atoms with Gasteiger partial charge in [-0.1, -0.05) is 338 Å². The van der Waals surface area contributed by atoms with Crippen molar-refractivity contribution in [3.63, 3.8) is 0 Å². The van der Waals surface area contributed by atoms with Gasteiger partial charge in [-0.25, -0.2) is 4.99 Å². The highest BCUT2D eigenvalue weighted by atomic mass is 16.6. The first kappa shape index (κ1) is 108. The van der Waals surface area contributed by atoms with Gasteiger partial charge in [-0.05, 0) is 119 Å². The molecule has 8 aliphatic heterocycles. The van der Waals surface area contributed by atoms with Crippen molar-refractivity contribution in [2.75, 3.05) is 33.0 Å². The predicted octanol–water partition coefficient (Wildman–Crippen LogP) is 26.8. The van der Waals surface area contributed by atoms with Crippen molar-refractivity contribution in [2.45, 2.75) is 431 Å². The van der Waals surface area contributed by atoms with Crippen molar-refractivity contribution in [1.82, 2.24) is 0 Å². The number of hydrogen-bond donors (Lipinski definition) is 0. The highest BCUT2D eigenvalue weighted by molar-refractivity contribution is 6.16. The van der Waals surface area contributed by atoms with Crippen molar-refractivity contribution in [3.8, 4) is 0 Å². The molecule has 13 heteroatoms. The van der Waals surface area contributed by atoms with Crippen LogP contribution in [-0.4, -0.2) is 137 Å². The van der Waals surface area contributed by atoms with E-state index >= 15 is 0 Å². The number of carbonyl (C=O) groups excluding carboxylic acids is 1. The smallest absolute Gasteiger partial charge is 0.141 e. The van der Waals surface area contributed by atoms with Gasteiger partial charge in [0, 0.05) is 73.1 Å². The third-order valence-corrected chi connectivity index (χ3v) is 23.1. The summed E-state index contributed by atoms with van der Waals surface area (Å²) < 4.78 is 40.9. The maximum atomic E-state index is 12.0. The van der Waals surface area contributed by atoms with Crippen molar-refractivity contribution >= 4 is 37.0 Å². The summed E-state index contributed by atoms with van der Waals surface area (Å²) in [6, 6.07) is 1.35. The summed E-state index contributed by atoms with van der Waals surface area (Å²) in [5, 5.41) is 0. The fraction of sp³-hybridized carbons (Fsp3) is 0.900. The minimum absolute atomic E-state index is 0.00451. The van der Waals surface area contributed by atoms with Crippen LogP contribution < -0.4 is 0 Å². The Kier molecular flexibility index (Phi) is 39.6. The second-order valence-electron chi connectivity index (χ2n) is 51.6. The molecule has 8 rings (SSSR count). The van der Waals surface area contributed by atoms with Gasteiger partial charge in [0.05, 0.1) is 74.5 Å². The molecule has 0 radical (unpaired) electrons. The number of nitrogens with zero attached hydrogens (tertiary/aromatic N) is 5. The van der Waals surface area contributed by atoms with Crippen LogP contribution in [0.1, 0.15) is 364 Å². The second kappa shape index (κ2) is 41.4. The summed E-state index contributed by atoms with van der Waals surface area (Å²) in [5.41, 5.74) is 3.20. The van der Waals surface area contributed by atoms with Crippen LogP contribution in [0.15, 0.2) is 49.6 Å². The maximum absolute atomic E-state index is 12.0. The van der Waals surface area contributed by atoms with Gasteiger partial charge in [0.1, 0.15) is 36.9 Å². The first-order chi connectivity index (χ1) is 50.2. The number of Topliss-reactive ketones (excluding diaryl/α,β-unsaturated/α-hetero) is 1. The molecule has 0 aromatic rings. The number of rotatable bonds is 0. The molecule has 0 amide bonds. The standard InChI is InChI=1S/C13H23N.C13H24O2.2C13H26O.2C12H22N2.C12H24O2.C12H22O2/c1-12(2,3)10-8-7-9-14-11(10)13(4,5)6;1-12(2,3)10-9(14)7-8-15-11(10)13(4,5)6;2*1-12(2,3)10-8-7-9-14-11(10)13(4,5)6;1-11(2,3)9-7-13-8-14-10(9)12(4,5)6;3*1-11(2,3)9-10(12(4,5)6)14-8-7-13-9/h7-11H,1-6H3;10-11H,7-8H2,1-6H3;2*10-11H,7-9H2,1-6H3;2*7-10H,1-6H3;9-10H,7-8H2,1-6H3;7-10H,1-6H3. The molecule has 0 saturated carbocycles. The molecular formula is C100H189N5O8. The number of aliphatic imine (C=N–C) groups is 5. The molecule has 0 N–H and O–H groups in total. The zero-order valence-electron chi connectivity index (χ0n) is 83.5. The SMILES string of the molecule is CC(C)(C)C1C=CC=NC1C(C)(C)C.CC(C)(C)C1C=NC=NC1C(C)(C)C.CC(C)(C)C1CCCOC1C(C)(C)C.CC(C)(C)C1CCCOC1C(C)(C)C.CC(C)(C)C1N=CC=NC1C(C)(C)C.CC(C)(C)C1OC=COC1C(C)(C)C.CC(C)(C)C1OCCC(=O)C1C(C)(C)C.CC(C)(C)C1OCCOC1C(C)(C)C. The molecule has 0 bridgehead atoms. The van der Waals surface area contributed by atoms with Gasteiger partial charge < -0.3 is 33.2 Å². The van der Waals surface area contributed by atoms with Crippen LogP contribution in [0.3, 0.4) is 0 Å². The fourth-order valence-corrected chi connectivity index (χ4v) is 16.8. The van der Waals surface area contributed by atoms with Gasteiger partial charge in [0.2, 0.25) is 0 Å². The van der Waals surface area contributed by atoms with E-state index in [1.54, 1.807) is 18.9 Å². The Morgan fingerprint density at radius 1 is 0.283 bits per heavy atom. The quantitative estimate of drug-likeness (QED) is 0.233. The van der Waals surface area contributed by atoms with Gasteiger partial charge in [-0.2, -0.15) is 0 Å². The first-order valence-electron chi connectivity index (χ1n) is 44.1. The van der Waals surface area contributed by atoms with E-state index in [2.05, 4.69) is 376 Å². The highest BCUT2D eigenvalue weighted by Crippen LogP contribution is 2.48. The third kappa shape index (κ3) is 36.8. The Hall–Kier alpha value is -3.10. The van der Waals surface area contributed by atoms with Crippen LogP contribution in [-0.2, 0) is 38.0 Å². The molecular weight excluding hydrogens is 1400 g/mol. The molecule has 4 fully saturated rings. The van der Waals surface area contributed by atoms with Crippen molar-refractivity contribution in [2.24, 2.45) is 141 Å². The van der Waals surface area contributed by atoms with Crippen molar-refractivity contribution < 1.29 is 38.0 Å². The lowest BCUT2D eigenvalue weighted by Crippen LogP contribution is -2.52. The molecule has 0 aliphatic carbocycles.